The van der Waals surface area contributed by atoms with Crippen LogP contribution in [0.1, 0.15) is 37.5 Å². The molecule has 2 aliphatic heterocycles. The third-order valence-electron chi connectivity index (χ3n) is 4.59. The van der Waals surface area contributed by atoms with E-state index >= 15 is 0 Å². The van der Waals surface area contributed by atoms with Crippen LogP contribution >= 0.6 is 0 Å². The number of halogens is 3. The Balaban J connectivity index is 1.91. The van der Waals surface area contributed by atoms with Crippen molar-refractivity contribution in [1.29, 1.82) is 0 Å². The van der Waals surface area contributed by atoms with E-state index in [-0.39, 0.29) is 6.04 Å². The maximum atomic E-state index is 12.8. The Morgan fingerprint density at radius 2 is 2.05 bits per heavy atom. The highest BCUT2D eigenvalue weighted by Crippen LogP contribution is 2.40. The molecule has 1 saturated heterocycles. The van der Waals surface area contributed by atoms with E-state index in [2.05, 4.69) is 23.7 Å². The Morgan fingerprint density at radius 3 is 2.68 bits per heavy atom. The van der Waals surface area contributed by atoms with Crippen LogP contribution in [0.3, 0.4) is 0 Å². The molecule has 0 aromatic carbocycles. The van der Waals surface area contributed by atoms with Gasteiger partial charge < -0.3 is 10.0 Å². The highest BCUT2D eigenvalue weighted by Gasteiger charge is 2.39. The molecule has 0 radical (unpaired) electrons. The number of aromatic nitrogens is 1. The van der Waals surface area contributed by atoms with Crippen LogP contribution in [-0.2, 0) is 6.18 Å². The second-order valence-corrected chi connectivity index (χ2v) is 6.32. The lowest BCUT2D eigenvalue weighted by atomic mass is 9.92. The van der Waals surface area contributed by atoms with E-state index in [0.29, 0.717) is 23.8 Å². The van der Waals surface area contributed by atoms with Crippen LogP contribution in [0.25, 0.3) is 0 Å². The Hall–Kier alpha value is -1.34. The molecular weight excluding hydrogens is 295 g/mol. The van der Waals surface area contributed by atoms with Crippen molar-refractivity contribution in [3.8, 4) is 0 Å². The fourth-order valence-corrected chi connectivity index (χ4v) is 3.33. The first-order valence-electron chi connectivity index (χ1n) is 7.53. The zero-order valence-electron chi connectivity index (χ0n) is 12.6. The van der Waals surface area contributed by atoms with Gasteiger partial charge in [-0.2, -0.15) is 13.2 Å². The number of rotatable bonds is 1. The number of anilines is 1. The number of hydrogen-bond acceptors (Lipinski definition) is 4. The summed E-state index contributed by atoms with van der Waals surface area (Å²) in [5, 5.41) is 10.3. The van der Waals surface area contributed by atoms with E-state index in [1.807, 2.05) is 4.90 Å². The fourth-order valence-electron chi connectivity index (χ4n) is 3.33. The molecule has 2 aliphatic rings. The van der Waals surface area contributed by atoms with Gasteiger partial charge in [0.15, 0.2) is 0 Å². The average Bonchev–Trinajstić information content (AvgIpc) is 2.45. The molecule has 7 heteroatoms. The summed E-state index contributed by atoms with van der Waals surface area (Å²) in [6, 6.07) is 1.56. The summed E-state index contributed by atoms with van der Waals surface area (Å²) in [4.78, 5) is 8.38. The van der Waals surface area contributed by atoms with Crippen molar-refractivity contribution in [1.82, 2.24) is 9.88 Å². The van der Waals surface area contributed by atoms with E-state index in [9.17, 15) is 18.3 Å². The van der Waals surface area contributed by atoms with Crippen molar-refractivity contribution >= 4 is 5.82 Å². The number of piperazine rings is 1. The van der Waals surface area contributed by atoms with Crippen molar-refractivity contribution in [2.45, 2.75) is 44.6 Å². The molecular formula is C15H20F3N3O. The van der Waals surface area contributed by atoms with Gasteiger partial charge in [0, 0.05) is 43.5 Å². The second-order valence-electron chi connectivity index (χ2n) is 6.32. The van der Waals surface area contributed by atoms with E-state index in [4.69, 9.17) is 0 Å². The summed E-state index contributed by atoms with van der Waals surface area (Å²) in [6.45, 7) is 6.62. The van der Waals surface area contributed by atoms with Gasteiger partial charge in [-0.3, -0.25) is 4.90 Å². The molecule has 2 atom stereocenters. The average molecular weight is 315 g/mol. The van der Waals surface area contributed by atoms with Gasteiger partial charge in [-0.1, -0.05) is 0 Å². The molecule has 2 unspecified atom stereocenters. The monoisotopic (exact) mass is 315 g/mol. The summed E-state index contributed by atoms with van der Waals surface area (Å²) in [6.07, 6.45) is -4.02. The molecule has 122 valence electrons. The van der Waals surface area contributed by atoms with Gasteiger partial charge >= 0.3 is 6.18 Å². The van der Waals surface area contributed by atoms with Crippen molar-refractivity contribution in [3.63, 3.8) is 0 Å². The van der Waals surface area contributed by atoms with E-state index in [0.717, 1.165) is 31.9 Å². The number of alkyl halides is 3. The summed E-state index contributed by atoms with van der Waals surface area (Å²) in [7, 11) is 0. The van der Waals surface area contributed by atoms with Gasteiger partial charge in [0.25, 0.3) is 0 Å². The van der Waals surface area contributed by atoms with Crippen LogP contribution in [0.15, 0.2) is 12.3 Å². The number of hydrogen-bond donors (Lipinski definition) is 1. The first-order chi connectivity index (χ1) is 10.3. The zero-order valence-corrected chi connectivity index (χ0v) is 12.6. The highest BCUT2D eigenvalue weighted by atomic mass is 19.4. The minimum Gasteiger partial charge on any atom is -0.388 e. The van der Waals surface area contributed by atoms with Gasteiger partial charge in [-0.15, -0.1) is 0 Å². The molecule has 0 spiro atoms. The first kappa shape index (κ1) is 15.6. The number of aliphatic hydroxyl groups excluding tert-OH is 1. The SMILES string of the molecule is CC(C)N1CCN2c3ncc(C(F)(F)F)cc3C(O)CC2C1. The summed E-state index contributed by atoms with van der Waals surface area (Å²) >= 11 is 0. The van der Waals surface area contributed by atoms with E-state index in [1.54, 1.807) is 0 Å². The largest absolute Gasteiger partial charge is 0.417 e. The van der Waals surface area contributed by atoms with Crippen molar-refractivity contribution in [2.24, 2.45) is 0 Å². The highest BCUT2D eigenvalue weighted by molar-refractivity contribution is 5.53. The third kappa shape index (κ3) is 2.67. The van der Waals surface area contributed by atoms with Crippen molar-refractivity contribution < 1.29 is 18.3 Å². The van der Waals surface area contributed by atoms with Crippen molar-refractivity contribution in [3.05, 3.63) is 23.4 Å². The fraction of sp³-hybridized carbons (Fsp3) is 0.667. The lowest BCUT2D eigenvalue weighted by molar-refractivity contribution is -0.137. The number of fused-ring (bicyclic) bond motifs is 3. The Bertz CT molecular complexity index is 561. The molecule has 1 aromatic rings. The zero-order chi connectivity index (χ0) is 16.1. The molecule has 1 aromatic heterocycles. The normalized spacial score (nSPS) is 26.0. The molecule has 3 heterocycles. The Kier molecular flexibility index (Phi) is 3.81. The molecule has 22 heavy (non-hydrogen) atoms. The van der Waals surface area contributed by atoms with Crippen molar-refractivity contribution in [2.75, 3.05) is 24.5 Å². The first-order valence-corrected chi connectivity index (χ1v) is 7.53. The smallest absolute Gasteiger partial charge is 0.388 e. The quantitative estimate of drug-likeness (QED) is 0.864. The second kappa shape index (κ2) is 5.38. The molecule has 1 N–H and O–H groups in total. The van der Waals surface area contributed by atoms with Crippen LogP contribution in [0.4, 0.5) is 19.0 Å². The maximum Gasteiger partial charge on any atom is 0.417 e. The van der Waals surface area contributed by atoms with Crippen LogP contribution in [-0.4, -0.2) is 46.7 Å². The molecule has 0 aliphatic carbocycles. The van der Waals surface area contributed by atoms with Crippen LogP contribution < -0.4 is 4.90 Å². The molecule has 0 amide bonds. The summed E-state index contributed by atoms with van der Waals surface area (Å²) in [5.41, 5.74) is -0.506. The molecule has 0 bridgehead atoms. The summed E-state index contributed by atoms with van der Waals surface area (Å²) in [5.74, 6) is 0.500. The minimum absolute atomic E-state index is 0.0999. The number of pyridine rings is 1. The van der Waals surface area contributed by atoms with Gasteiger partial charge in [0.2, 0.25) is 0 Å². The van der Waals surface area contributed by atoms with E-state index < -0.39 is 17.8 Å². The molecule has 0 saturated carbocycles. The Morgan fingerprint density at radius 1 is 1.32 bits per heavy atom. The predicted octanol–water partition coefficient (Wildman–Crippen LogP) is 2.44. The van der Waals surface area contributed by atoms with Crippen LogP contribution in [0.2, 0.25) is 0 Å². The molecule has 4 nitrogen and oxygen atoms in total. The number of aliphatic hydroxyl groups is 1. The molecule has 1 fully saturated rings. The van der Waals surface area contributed by atoms with E-state index in [1.165, 1.54) is 0 Å². The molecule has 3 rings (SSSR count). The lowest BCUT2D eigenvalue weighted by Crippen LogP contribution is -2.57. The van der Waals surface area contributed by atoms with Gasteiger partial charge in [0.1, 0.15) is 5.82 Å². The van der Waals surface area contributed by atoms with Crippen LogP contribution in [0.5, 0.6) is 0 Å². The van der Waals surface area contributed by atoms with Crippen LogP contribution in [0, 0.1) is 0 Å². The maximum absolute atomic E-state index is 12.8. The number of nitrogens with zero attached hydrogens (tertiary/aromatic N) is 3. The topological polar surface area (TPSA) is 39.6 Å². The standard InChI is InChI=1S/C15H20F3N3O/c1-9(2)20-3-4-21-11(8-20)6-13(22)12-5-10(15(16,17)18)7-19-14(12)21/h5,7,9,11,13,22H,3-4,6,8H2,1-2H3. The minimum atomic E-state index is -4.44. The van der Waals surface area contributed by atoms with Gasteiger partial charge in [0.05, 0.1) is 11.7 Å². The predicted molar refractivity (Wildman–Crippen MR) is 76.7 cm³/mol. The third-order valence-corrected chi connectivity index (χ3v) is 4.59. The van der Waals surface area contributed by atoms with Gasteiger partial charge in [-0.05, 0) is 26.3 Å². The lowest BCUT2D eigenvalue weighted by Gasteiger charge is -2.47. The Labute approximate surface area is 127 Å². The van der Waals surface area contributed by atoms with Gasteiger partial charge in [-0.25, -0.2) is 4.98 Å². The summed E-state index contributed by atoms with van der Waals surface area (Å²) < 4.78 is 38.4.